The Balaban J connectivity index is 3.22. The Labute approximate surface area is 109 Å². The third-order valence-electron chi connectivity index (χ3n) is 4.08. The van der Waals surface area contributed by atoms with Crippen LogP contribution in [0.15, 0.2) is 30.3 Å². The van der Waals surface area contributed by atoms with Gasteiger partial charge in [0.25, 0.3) is 0 Å². The van der Waals surface area contributed by atoms with Crippen LogP contribution >= 0.6 is 15.3 Å². The van der Waals surface area contributed by atoms with Crippen molar-refractivity contribution in [1.29, 1.82) is 0 Å². The molecule has 0 amide bonds. The molecular weight excluding hydrogens is 276 g/mol. The van der Waals surface area contributed by atoms with E-state index in [-0.39, 0.29) is 5.04 Å². The van der Waals surface area contributed by atoms with Crippen LogP contribution in [-0.2, 0) is 5.04 Å². The van der Waals surface area contributed by atoms with Crippen LogP contribution in [0.3, 0.4) is 0 Å². The first-order valence-electron chi connectivity index (χ1n) is 5.85. The van der Waals surface area contributed by atoms with Crippen LogP contribution in [-0.4, -0.2) is 6.69 Å². The van der Waals surface area contributed by atoms with Gasteiger partial charge in [-0.05, 0) is 15.6 Å². The Bertz CT molecular complexity index is 347. The summed E-state index contributed by atoms with van der Waals surface area (Å²) >= 11 is 4.10. The molecule has 0 nitrogen and oxygen atoms in total. The van der Waals surface area contributed by atoms with Gasteiger partial charge in [0, 0.05) is 0 Å². The van der Waals surface area contributed by atoms with E-state index in [1.54, 1.807) is 0 Å². The first kappa shape index (κ1) is 14.0. The lowest BCUT2D eigenvalue weighted by molar-refractivity contribution is 0.638. The summed E-state index contributed by atoms with van der Waals surface area (Å²) in [4.78, 5) is 0. The van der Waals surface area contributed by atoms with Gasteiger partial charge >= 0.3 is 0 Å². The number of hydrogen-bond acceptors (Lipinski definition) is 0. The highest BCUT2D eigenvalue weighted by Gasteiger charge is 2.50. The van der Waals surface area contributed by atoms with Gasteiger partial charge in [-0.15, -0.1) is 15.3 Å². The second-order valence-corrected chi connectivity index (χ2v) is 15.8. The van der Waals surface area contributed by atoms with Crippen molar-refractivity contribution in [2.75, 3.05) is 0 Å². The molecule has 1 rings (SSSR count). The van der Waals surface area contributed by atoms with E-state index in [4.69, 9.17) is 0 Å². The van der Waals surface area contributed by atoms with Gasteiger partial charge in [0.15, 0.2) is 0 Å². The average Bonchev–Trinajstić information content (AvgIpc) is 2.17. The van der Waals surface area contributed by atoms with Gasteiger partial charge in [-0.2, -0.15) is 0 Å². The summed E-state index contributed by atoms with van der Waals surface area (Å²) in [6.45, 7) is 12.6. The van der Waals surface area contributed by atoms with Gasteiger partial charge in [0.2, 0.25) is 0 Å². The summed E-state index contributed by atoms with van der Waals surface area (Å²) in [7, 11) is 0. The molecule has 0 aliphatic carbocycles. The molecule has 0 saturated carbocycles. The van der Waals surface area contributed by atoms with Gasteiger partial charge in [-0.25, -0.2) is 0 Å². The average molecular weight is 299 g/mol. The van der Waals surface area contributed by atoms with E-state index in [9.17, 15) is 0 Å². The fraction of sp³-hybridized carbons (Fsp3) is 0.571. The second kappa shape index (κ2) is 4.30. The van der Waals surface area contributed by atoms with E-state index in [0.29, 0.717) is 5.04 Å². The van der Waals surface area contributed by atoms with Gasteiger partial charge in [0.1, 0.15) is 6.69 Å². The lowest BCUT2D eigenvalue weighted by Crippen LogP contribution is -2.51. The molecule has 0 aliphatic heterocycles. The van der Waals surface area contributed by atoms with Crippen LogP contribution in [0.25, 0.3) is 0 Å². The number of benzene rings is 1. The minimum absolute atomic E-state index is 0.229. The Morgan fingerprint density at radius 2 is 1.38 bits per heavy atom. The molecule has 1 aromatic rings. The van der Waals surface area contributed by atoms with E-state index in [1.807, 2.05) is 0 Å². The highest BCUT2D eigenvalue weighted by molar-refractivity contribution is 9.26. The SMILES string of the molecule is CC(C)(C)[Si](C)(Br)C(C)(C)c1ccccc1. The van der Waals surface area contributed by atoms with Crippen molar-refractivity contribution in [2.45, 2.75) is 51.2 Å². The van der Waals surface area contributed by atoms with E-state index in [0.717, 1.165) is 0 Å². The predicted molar refractivity (Wildman–Crippen MR) is 79.7 cm³/mol. The number of rotatable bonds is 2. The van der Waals surface area contributed by atoms with Crippen molar-refractivity contribution in [3.05, 3.63) is 35.9 Å². The van der Waals surface area contributed by atoms with Crippen LogP contribution in [0.1, 0.15) is 40.2 Å². The molecule has 0 fully saturated rings. The highest BCUT2D eigenvalue weighted by Crippen LogP contribution is 2.51. The minimum Gasteiger partial charge on any atom is -0.125 e. The van der Waals surface area contributed by atoms with Crippen LogP contribution in [0.2, 0.25) is 11.6 Å². The molecule has 1 atom stereocenters. The zero-order valence-corrected chi connectivity index (χ0v) is 13.9. The standard InChI is InChI=1S/C14H23BrSi/c1-13(2,3)16(6,15)14(4,5)12-10-8-7-9-11-12/h7-11H,1-6H3. The van der Waals surface area contributed by atoms with Crippen molar-refractivity contribution in [3.63, 3.8) is 0 Å². The summed E-state index contributed by atoms with van der Waals surface area (Å²) in [5, 5.41) is 0.568. The second-order valence-electron chi connectivity index (χ2n) is 6.24. The van der Waals surface area contributed by atoms with E-state index >= 15 is 0 Å². The van der Waals surface area contributed by atoms with Crippen LogP contribution in [0, 0.1) is 0 Å². The third kappa shape index (κ3) is 2.28. The first-order valence-corrected chi connectivity index (χ1v) is 10.6. The molecule has 0 radical (unpaired) electrons. The number of hydrogen-bond donors (Lipinski definition) is 0. The molecule has 0 saturated heterocycles. The van der Waals surface area contributed by atoms with Crippen LogP contribution < -0.4 is 0 Å². The van der Waals surface area contributed by atoms with Crippen molar-refractivity contribution in [2.24, 2.45) is 0 Å². The summed E-state index contributed by atoms with van der Waals surface area (Å²) in [6.07, 6.45) is 0. The normalized spacial score (nSPS) is 16.9. The lowest BCUT2D eigenvalue weighted by atomic mass is 10.0. The quantitative estimate of drug-likeness (QED) is 0.515. The minimum atomic E-state index is -1.56. The molecular formula is C14H23BrSi. The Morgan fingerprint density at radius 3 is 1.75 bits per heavy atom. The zero-order chi connectivity index (χ0) is 12.6. The molecule has 0 aromatic heterocycles. The maximum atomic E-state index is 4.10. The largest absolute Gasteiger partial charge is 0.142 e. The van der Waals surface area contributed by atoms with Gasteiger partial charge in [0.05, 0.1) is 0 Å². The monoisotopic (exact) mass is 298 g/mol. The first-order chi connectivity index (χ1) is 7.11. The highest BCUT2D eigenvalue weighted by atomic mass is 79.9. The van der Waals surface area contributed by atoms with E-state index < -0.39 is 6.69 Å². The smallest absolute Gasteiger partial charge is 0.125 e. The Hall–Kier alpha value is -0.0831. The number of halogens is 1. The molecule has 1 unspecified atom stereocenters. The molecule has 16 heavy (non-hydrogen) atoms. The fourth-order valence-electron chi connectivity index (χ4n) is 2.06. The molecule has 2 heteroatoms. The van der Waals surface area contributed by atoms with E-state index in [1.165, 1.54) is 5.56 Å². The fourth-order valence-corrected chi connectivity index (χ4v) is 5.33. The van der Waals surface area contributed by atoms with Gasteiger partial charge in [-0.3, -0.25) is 0 Å². The van der Waals surface area contributed by atoms with Crippen LogP contribution in [0.4, 0.5) is 0 Å². The molecule has 0 spiro atoms. The summed E-state index contributed by atoms with van der Waals surface area (Å²) in [5.74, 6) is 0. The van der Waals surface area contributed by atoms with Crippen molar-refractivity contribution >= 4 is 22.0 Å². The molecule has 1 aromatic carbocycles. The zero-order valence-electron chi connectivity index (χ0n) is 11.3. The maximum absolute atomic E-state index is 4.10. The predicted octanol–water partition coefficient (Wildman–Crippen LogP) is 5.27. The van der Waals surface area contributed by atoms with Gasteiger partial charge in [-0.1, -0.05) is 71.5 Å². The van der Waals surface area contributed by atoms with Crippen molar-refractivity contribution < 1.29 is 0 Å². The Kier molecular flexibility index (Phi) is 3.76. The molecule has 0 bridgehead atoms. The van der Waals surface area contributed by atoms with Gasteiger partial charge < -0.3 is 0 Å². The van der Waals surface area contributed by atoms with E-state index in [2.05, 4.69) is 86.8 Å². The third-order valence-corrected chi connectivity index (χ3v) is 16.1. The van der Waals surface area contributed by atoms with Crippen LogP contribution in [0.5, 0.6) is 0 Å². The topological polar surface area (TPSA) is 0 Å². The molecule has 0 aliphatic rings. The molecule has 0 heterocycles. The molecule has 90 valence electrons. The lowest BCUT2D eigenvalue weighted by Gasteiger charge is -2.47. The molecule has 0 N–H and O–H groups in total. The summed E-state index contributed by atoms with van der Waals surface area (Å²) in [6, 6.07) is 10.9. The van der Waals surface area contributed by atoms with Crippen molar-refractivity contribution in [1.82, 2.24) is 0 Å². The summed E-state index contributed by atoms with van der Waals surface area (Å²) in [5.41, 5.74) is 1.44. The summed E-state index contributed by atoms with van der Waals surface area (Å²) < 4.78 is 0. The van der Waals surface area contributed by atoms with Crippen molar-refractivity contribution in [3.8, 4) is 0 Å². The Morgan fingerprint density at radius 1 is 0.938 bits per heavy atom. The maximum Gasteiger partial charge on any atom is 0.142 e.